The summed E-state index contributed by atoms with van der Waals surface area (Å²) in [5.74, 6) is 0.0859. The fourth-order valence-electron chi connectivity index (χ4n) is 3.58. The Hall–Kier alpha value is -2.04. The van der Waals surface area contributed by atoms with E-state index in [1.54, 1.807) is 18.3 Å². The summed E-state index contributed by atoms with van der Waals surface area (Å²) >= 11 is 11.9. The number of hydrogen-bond donors (Lipinski definition) is 1. The van der Waals surface area contributed by atoms with Crippen LogP contribution in [0.4, 0.5) is 5.69 Å². The minimum Gasteiger partial charge on any atom is -0.369 e. The minimum absolute atomic E-state index is 0.133. The third-order valence-corrected chi connectivity index (χ3v) is 5.76. The largest absolute Gasteiger partial charge is 0.369 e. The van der Waals surface area contributed by atoms with Gasteiger partial charge in [0.05, 0.1) is 16.8 Å². The quantitative estimate of drug-likeness (QED) is 0.544. The highest BCUT2D eigenvalue weighted by molar-refractivity contribution is 6.36. The van der Waals surface area contributed by atoms with Crippen molar-refractivity contribution in [2.75, 3.05) is 11.9 Å². The van der Waals surface area contributed by atoms with Crippen molar-refractivity contribution >= 4 is 41.0 Å². The van der Waals surface area contributed by atoms with Gasteiger partial charge in [-0.1, -0.05) is 36.2 Å². The molecule has 0 fully saturated rings. The summed E-state index contributed by atoms with van der Waals surface area (Å²) in [4.78, 5) is 14.5. The molecule has 0 saturated carbocycles. The molecule has 0 radical (unpaired) electrons. The Balaban J connectivity index is 1.75. The summed E-state index contributed by atoms with van der Waals surface area (Å²) < 4.78 is 0. The normalized spacial score (nSPS) is 18.4. The van der Waals surface area contributed by atoms with Gasteiger partial charge in [0.2, 0.25) is 0 Å². The molecule has 4 nitrogen and oxygen atoms in total. The van der Waals surface area contributed by atoms with Crippen molar-refractivity contribution in [3.8, 4) is 0 Å². The van der Waals surface area contributed by atoms with E-state index in [4.69, 9.17) is 23.2 Å². The van der Waals surface area contributed by atoms with Gasteiger partial charge in [-0.2, -0.15) is 5.10 Å². The van der Waals surface area contributed by atoms with Crippen LogP contribution in [0.5, 0.6) is 0 Å². The van der Waals surface area contributed by atoms with E-state index >= 15 is 0 Å². The molecule has 1 N–H and O–H groups in total. The first kappa shape index (κ1) is 19.7. The van der Waals surface area contributed by atoms with E-state index in [-0.39, 0.29) is 11.4 Å². The minimum atomic E-state index is -0.374. The Kier molecular flexibility index (Phi) is 5.50. The summed E-state index contributed by atoms with van der Waals surface area (Å²) in [6, 6.07) is 11.0. The first-order valence-corrected chi connectivity index (χ1v) is 9.61. The van der Waals surface area contributed by atoms with Crippen LogP contribution in [0.15, 0.2) is 41.5 Å². The highest BCUT2D eigenvalue weighted by Crippen LogP contribution is 2.42. The number of benzene rings is 2. The summed E-state index contributed by atoms with van der Waals surface area (Å²) in [6.45, 7) is 6.78. The molecule has 1 amide bonds. The van der Waals surface area contributed by atoms with E-state index in [0.717, 1.165) is 12.0 Å². The molecule has 142 valence electrons. The number of anilines is 1. The highest BCUT2D eigenvalue weighted by Gasteiger charge is 2.33. The van der Waals surface area contributed by atoms with Gasteiger partial charge < -0.3 is 4.90 Å². The van der Waals surface area contributed by atoms with Crippen LogP contribution in [-0.4, -0.2) is 24.7 Å². The van der Waals surface area contributed by atoms with E-state index in [1.807, 2.05) is 6.07 Å². The average molecular weight is 404 g/mol. The van der Waals surface area contributed by atoms with Gasteiger partial charge in [-0.15, -0.1) is 0 Å². The van der Waals surface area contributed by atoms with Gasteiger partial charge in [-0.05, 0) is 67.6 Å². The van der Waals surface area contributed by atoms with Crippen molar-refractivity contribution in [2.45, 2.75) is 38.6 Å². The average Bonchev–Trinajstić information content (AvgIpc) is 2.59. The zero-order valence-electron chi connectivity index (χ0n) is 15.9. The zero-order valence-corrected chi connectivity index (χ0v) is 17.4. The number of fused-ring (bicyclic) bond motifs is 1. The SMILES string of the molecule is CC1CC(C)(C)N(C)c2ccc(/C=N/NC(=O)c3ccc(Cl)cc3Cl)cc21. The second-order valence-corrected chi connectivity index (χ2v) is 8.46. The van der Waals surface area contributed by atoms with E-state index in [9.17, 15) is 4.79 Å². The second-order valence-electron chi connectivity index (χ2n) is 7.62. The molecule has 0 spiro atoms. The van der Waals surface area contributed by atoms with Gasteiger partial charge in [0.25, 0.3) is 5.91 Å². The molecular formula is C21H23Cl2N3O. The summed E-state index contributed by atoms with van der Waals surface area (Å²) in [7, 11) is 2.13. The highest BCUT2D eigenvalue weighted by atomic mass is 35.5. The first-order chi connectivity index (χ1) is 12.7. The third-order valence-electron chi connectivity index (χ3n) is 5.21. The maximum absolute atomic E-state index is 12.2. The van der Waals surface area contributed by atoms with Crippen molar-refractivity contribution in [3.63, 3.8) is 0 Å². The molecule has 0 bridgehead atoms. The van der Waals surface area contributed by atoms with Gasteiger partial charge in [0.15, 0.2) is 0 Å². The van der Waals surface area contributed by atoms with E-state index in [1.165, 1.54) is 17.3 Å². The number of carbonyl (C=O) groups excluding carboxylic acids is 1. The Bertz CT molecular complexity index is 908. The Labute approximate surface area is 170 Å². The standard InChI is InChI=1S/C21H23Cl2N3O/c1-13-11-21(2,3)26(4)19-8-5-14(9-17(13)19)12-24-25-20(27)16-7-6-15(22)10-18(16)23/h5-10,12-13H,11H2,1-4H3,(H,25,27)/b24-12+. The van der Waals surface area contributed by atoms with Crippen molar-refractivity contribution in [1.82, 2.24) is 5.43 Å². The molecule has 0 aliphatic carbocycles. The van der Waals surface area contributed by atoms with Crippen LogP contribution in [0.25, 0.3) is 0 Å². The van der Waals surface area contributed by atoms with Gasteiger partial charge in [0.1, 0.15) is 0 Å². The molecule has 1 aliphatic heterocycles. The molecule has 27 heavy (non-hydrogen) atoms. The molecule has 3 rings (SSSR count). The van der Waals surface area contributed by atoms with Crippen LogP contribution in [0.3, 0.4) is 0 Å². The molecule has 2 aromatic rings. The van der Waals surface area contributed by atoms with Gasteiger partial charge >= 0.3 is 0 Å². The maximum atomic E-state index is 12.2. The number of hydrazone groups is 1. The third kappa shape index (κ3) is 4.12. The van der Waals surface area contributed by atoms with E-state index in [2.05, 4.69) is 55.4 Å². The number of amides is 1. The van der Waals surface area contributed by atoms with E-state index in [0.29, 0.717) is 21.5 Å². The van der Waals surface area contributed by atoms with Crippen LogP contribution in [0, 0.1) is 0 Å². The summed E-state index contributed by atoms with van der Waals surface area (Å²) in [5, 5.41) is 4.85. The van der Waals surface area contributed by atoms with Crippen LogP contribution < -0.4 is 10.3 Å². The number of halogens is 2. The smallest absolute Gasteiger partial charge is 0.272 e. The molecule has 1 atom stereocenters. The number of hydrogen-bond acceptors (Lipinski definition) is 3. The number of rotatable bonds is 3. The Morgan fingerprint density at radius 3 is 2.70 bits per heavy atom. The molecule has 1 heterocycles. The van der Waals surface area contributed by atoms with Crippen molar-refractivity contribution in [2.24, 2.45) is 5.10 Å². The molecule has 0 saturated heterocycles. The molecule has 1 aliphatic rings. The first-order valence-electron chi connectivity index (χ1n) is 8.85. The Morgan fingerprint density at radius 2 is 2.00 bits per heavy atom. The van der Waals surface area contributed by atoms with Crippen LogP contribution in [0.1, 0.15) is 54.6 Å². The summed E-state index contributed by atoms with van der Waals surface area (Å²) in [5.41, 5.74) is 6.46. The van der Waals surface area contributed by atoms with Crippen LogP contribution >= 0.6 is 23.2 Å². The monoisotopic (exact) mass is 403 g/mol. The van der Waals surface area contributed by atoms with Gasteiger partial charge in [0, 0.05) is 23.3 Å². The second kappa shape index (κ2) is 7.53. The fourth-order valence-corrected chi connectivity index (χ4v) is 4.07. The summed E-state index contributed by atoms with van der Waals surface area (Å²) in [6.07, 6.45) is 2.73. The topological polar surface area (TPSA) is 44.7 Å². The number of nitrogens with zero attached hydrogens (tertiary/aromatic N) is 2. The number of nitrogens with one attached hydrogen (secondary N) is 1. The number of carbonyl (C=O) groups is 1. The lowest BCUT2D eigenvalue weighted by Crippen LogP contribution is -2.45. The van der Waals surface area contributed by atoms with Crippen molar-refractivity contribution in [1.29, 1.82) is 0 Å². The molecule has 6 heteroatoms. The molecule has 0 aromatic heterocycles. The Morgan fingerprint density at radius 1 is 1.26 bits per heavy atom. The molecule has 1 unspecified atom stereocenters. The lowest BCUT2D eigenvalue weighted by atomic mass is 9.80. The molecular weight excluding hydrogens is 381 g/mol. The van der Waals surface area contributed by atoms with Crippen LogP contribution in [-0.2, 0) is 0 Å². The molecule has 2 aromatic carbocycles. The predicted octanol–water partition coefficient (Wildman–Crippen LogP) is 5.48. The predicted molar refractivity (Wildman–Crippen MR) is 113 cm³/mol. The lowest BCUT2D eigenvalue weighted by molar-refractivity contribution is 0.0955. The van der Waals surface area contributed by atoms with Crippen LogP contribution in [0.2, 0.25) is 10.0 Å². The van der Waals surface area contributed by atoms with Gasteiger partial charge in [-0.25, -0.2) is 5.43 Å². The van der Waals surface area contributed by atoms with E-state index < -0.39 is 0 Å². The van der Waals surface area contributed by atoms with Crippen molar-refractivity contribution in [3.05, 3.63) is 63.1 Å². The maximum Gasteiger partial charge on any atom is 0.272 e. The lowest BCUT2D eigenvalue weighted by Gasteiger charge is -2.45. The fraction of sp³-hybridized carbons (Fsp3) is 0.333. The van der Waals surface area contributed by atoms with Gasteiger partial charge in [-0.3, -0.25) is 4.79 Å². The van der Waals surface area contributed by atoms with Crippen molar-refractivity contribution < 1.29 is 4.79 Å². The zero-order chi connectivity index (χ0) is 19.8.